The van der Waals surface area contributed by atoms with Crippen LogP contribution in [0.2, 0.25) is 0 Å². The van der Waals surface area contributed by atoms with Gasteiger partial charge in [-0.3, -0.25) is 0 Å². The van der Waals surface area contributed by atoms with Gasteiger partial charge in [-0.05, 0) is 25.7 Å². The number of rotatable bonds is 14. The van der Waals surface area contributed by atoms with Gasteiger partial charge in [0.25, 0.3) is 0 Å². The number of allylic oxidation sites excluding steroid dienone is 4. The molecule has 0 aliphatic carbocycles. The first-order valence-corrected chi connectivity index (χ1v) is 8.48. The van der Waals surface area contributed by atoms with Crippen LogP contribution in [0.15, 0.2) is 24.3 Å². The van der Waals surface area contributed by atoms with Gasteiger partial charge in [-0.2, -0.15) is 0 Å². The van der Waals surface area contributed by atoms with Crippen molar-refractivity contribution in [1.29, 1.82) is 0 Å². The third-order valence-corrected chi connectivity index (χ3v) is 3.29. The van der Waals surface area contributed by atoms with Gasteiger partial charge in [-0.1, -0.05) is 24.3 Å². The Kier molecular flexibility index (Phi) is 16.3. The van der Waals surface area contributed by atoms with E-state index in [1.165, 1.54) is 0 Å². The van der Waals surface area contributed by atoms with Crippen LogP contribution < -0.4 is 0 Å². The summed E-state index contributed by atoms with van der Waals surface area (Å²) in [6.07, 6.45) is 13.1. The molecule has 21 heavy (non-hydrogen) atoms. The smallest absolute Gasteiger partial charge is 0.160 e. The lowest BCUT2D eigenvalue weighted by atomic mass is 10.2. The summed E-state index contributed by atoms with van der Waals surface area (Å²) in [5.41, 5.74) is 0. The monoisotopic (exact) mass is 338 g/mol. The summed E-state index contributed by atoms with van der Waals surface area (Å²) in [5, 5.41) is 0. The molecule has 0 rings (SSSR count). The number of alkyl halides is 2. The molecule has 3 nitrogen and oxygen atoms in total. The number of hydrogen-bond acceptors (Lipinski definition) is 3. The van der Waals surface area contributed by atoms with E-state index in [1.54, 1.807) is 14.2 Å². The molecule has 0 aliphatic rings. The topological polar surface area (TPSA) is 27.7 Å². The van der Waals surface area contributed by atoms with Gasteiger partial charge >= 0.3 is 0 Å². The average molecular weight is 339 g/mol. The second kappa shape index (κ2) is 16.3. The van der Waals surface area contributed by atoms with Gasteiger partial charge in [-0.15, -0.1) is 23.2 Å². The van der Waals surface area contributed by atoms with Gasteiger partial charge in [0, 0.05) is 38.8 Å². The lowest BCUT2D eigenvalue weighted by molar-refractivity contribution is -0.232. The fraction of sp³-hybridized carbons (Fsp3) is 0.750. The molecule has 124 valence electrons. The zero-order valence-electron chi connectivity index (χ0n) is 13.1. The third-order valence-electron chi connectivity index (χ3n) is 2.85. The number of halogens is 2. The van der Waals surface area contributed by atoms with Crippen LogP contribution in [0.3, 0.4) is 0 Å². The molecule has 2 unspecified atom stereocenters. The highest BCUT2D eigenvalue weighted by molar-refractivity contribution is 6.18. The largest absolute Gasteiger partial charge is 0.356 e. The van der Waals surface area contributed by atoms with Crippen molar-refractivity contribution < 1.29 is 14.2 Å². The van der Waals surface area contributed by atoms with E-state index in [1.807, 2.05) is 0 Å². The van der Waals surface area contributed by atoms with E-state index in [-0.39, 0.29) is 12.6 Å². The molecular weight excluding hydrogens is 311 g/mol. The Morgan fingerprint density at radius 1 is 0.714 bits per heavy atom. The van der Waals surface area contributed by atoms with Crippen molar-refractivity contribution in [3.05, 3.63) is 24.3 Å². The Morgan fingerprint density at radius 2 is 1.10 bits per heavy atom. The van der Waals surface area contributed by atoms with Crippen LogP contribution in [0.5, 0.6) is 0 Å². The SMILES string of the molecule is COC(CC/C=C/CCCl)OC(CC/C=C/CCCl)OC. The quantitative estimate of drug-likeness (QED) is 0.256. The molecule has 0 radical (unpaired) electrons. The van der Waals surface area contributed by atoms with Crippen molar-refractivity contribution in [1.82, 2.24) is 0 Å². The van der Waals surface area contributed by atoms with Gasteiger partial charge in [-0.25, -0.2) is 0 Å². The summed E-state index contributed by atoms with van der Waals surface area (Å²) < 4.78 is 16.5. The van der Waals surface area contributed by atoms with Gasteiger partial charge in [0.1, 0.15) is 0 Å². The molecule has 0 aromatic rings. The number of methoxy groups -OCH3 is 2. The molecule has 2 atom stereocenters. The summed E-state index contributed by atoms with van der Waals surface area (Å²) in [6, 6.07) is 0. The van der Waals surface area contributed by atoms with E-state index < -0.39 is 0 Å². The Labute approximate surface area is 139 Å². The minimum Gasteiger partial charge on any atom is -0.356 e. The Hall–Kier alpha value is -0.0600. The summed E-state index contributed by atoms with van der Waals surface area (Å²) in [7, 11) is 3.31. The molecule has 5 heteroatoms. The summed E-state index contributed by atoms with van der Waals surface area (Å²) in [6.45, 7) is 0. The molecule has 0 aliphatic heterocycles. The maximum atomic E-state index is 5.80. The van der Waals surface area contributed by atoms with Crippen molar-refractivity contribution in [2.45, 2.75) is 51.1 Å². The van der Waals surface area contributed by atoms with Gasteiger partial charge in [0.15, 0.2) is 12.6 Å². The average Bonchev–Trinajstić information content (AvgIpc) is 2.51. The third kappa shape index (κ3) is 13.3. The van der Waals surface area contributed by atoms with E-state index in [0.717, 1.165) is 38.5 Å². The van der Waals surface area contributed by atoms with Crippen molar-refractivity contribution in [2.24, 2.45) is 0 Å². The summed E-state index contributed by atoms with van der Waals surface area (Å²) >= 11 is 11.2. The lowest BCUT2D eigenvalue weighted by Gasteiger charge is -2.22. The maximum Gasteiger partial charge on any atom is 0.160 e. The van der Waals surface area contributed by atoms with Crippen LogP contribution in [0.25, 0.3) is 0 Å². The molecule has 0 bridgehead atoms. The van der Waals surface area contributed by atoms with Crippen molar-refractivity contribution in [3.63, 3.8) is 0 Å². The molecule has 0 aromatic heterocycles. The predicted molar refractivity (Wildman–Crippen MR) is 90.1 cm³/mol. The van der Waals surface area contributed by atoms with Crippen LogP contribution >= 0.6 is 23.2 Å². The molecule has 0 N–H and O–H groups in total. The van der Waals surface area contributed by atoms with Gasteiger partial charge in [0.05, 0.1) is 0 Å². The second-order valence-corrected chi connectivity index (χ2v) is 5.28. The number of ether oxygens (including phenoxy) is 3. The summed E-state index contributed by atoms with van der Waals surface area (Å²) in [4.78, 5) is 0. The standard InChI is InChI=1S/C16H28Cl2O3/c1-19-15(11-7-3-5-9-13-17)21-16(20-2)12-8-4-6-10-14-18/h3-6,15-16H,7-14H2,1-2H3/b5-3+,6-4+. The highest BCUT2D eigenvalue weighted by atomic mass is 35.5. The van der Waals surface area contributed by atoms with E-state index in [4.69, 9.17) is 37.4 Å². The molecule has 0 spiro atoms. The Bertz CT molecular complexity index is 244. The predicted octanol–water partition coefficient (Wildman–Crippen LogP) is 4.88. The molecule has 0 heterocycles. The molecule has 0 saturated heterocycles. The highest BCUT2D eigenvalue weighted by Crippen LogP contribution is 2.12. The van der Waals surface area contributed by atoms with Gasteiger partial charge < -0.3 is 14.2 Å². The van der Waals surface area contributed by atoms with Crippen molar-refractivity contribution >= 4 is 23.2 Å². The molecular formula is C16H28Cl2O3. The van der Waals surface area contributed by atoms with Crippen LogP contribution in [0.4, 0.5) is 0 Å². The molecule has 0 aromatic carbocycles. The zero-order valence-corrected chi connectivity index (χ0v) is 14.6. The maximum absolute atomic E-state index is 5.80. The normalized spacial score (nSPS) is 15.0. The lowest BCUT2D eigenvalue weighted by Crippen LogP contribution is -2.25. The van der Waals surface area contributed by atoms with Gasteiger partial charge in [0.2, 0.25) is 0 Å². The highest BCUT2D eigenvalue weighted by Gasteiger charge is 2.14. The first kappa shape index (κ1) is 20.9. The number of hydrogen-bond donors (Lipinski definition) is 0. The Balaban J connectivity index is 3.93. The minimum absolute atomic E-state index is 0.248. The first-order chi connectivity index (χ1) is 10.3. The minimum atomic E-state index is -0.248. The fourth-order valence-corrected chi connectivity index (χ4v) is 1.97. The van der Waals surface area contributed by atoms with Crippen LogP contribution in [-0.2, 0) is 14.2 Å². The summed E-state index contributed by atoms with van der Waals surface area (Å²) in [5.74, 6) is 1.31. The molecule has 0 fully saturated rings. The van der Waals surface area contributed by atoms with Crippen molar-refractivity contribution in [3.8, 4) is 0 Å². The first-order valence-electron chi connectivity index (χ1n) is 7.41. The van der Waals surface area contributed by atoms with Crippen LogP contribution in [0, 0.1) is 0 Å². The molecule has 0 saturated carbocycles. The van der Waals surface area contributed by atoms with Crippen LogP contribution in [0.1, 0.15) is 38.5 Å². The van der Waals surface area contributed by atoms with E-state index in [9.17, 15) is 0 Å². The van der Waals surface area contributed by atoms with Crippen molar-refractivity contribution in [2.75, 3.05) is 26.0 Å². The van der Waals surface area contributed by atoms with E-state index in [0.29, 0.717) is 11.8 Å². The van der Waals surface area contributed by atoms with Crippen LogP contribution in [-0.4, -0.2) is 38.6 Å². The van der Waals surface area contributed by atoms with E-state index in [2.05, 4.69) is 24.3 Å². The zero-order chi connectivity index (χ0) is 15.8. The molecule has 0 amide bonds. The fourth-order valence-electron chi connectivity index (χ4n) is 1.71. The van der Waals surface area contributed by atoms with E-state index >= 15 is 0 Å². The second-order valence-electron chi connectivity index (χ2n) is 4.52. The Morgan fingerprint density at radius 3 is 1.43 bits per heavy atom.